The summed E-state index contributed by atoms with van der Waals surface area (Å²) >= 11 is 0. The first kappa shape index (κ1) is 18.6. The van der Waals surface area contributed by atoms with Gasteiger partial charge in [0.15, 0.2) is 5.76 Å². The van der Waals surface area contributed by atoms with Crippen LogP contribution in [0.15, 0.2) is 92.1 Å². The van der Waals surface area contributed by atoms with Gasteiger partial charge in [0.2, 0.25) is 5.89 Å². The highest BCUT2D eigenvalue weighted by atomic mass is 16.4. The van der Waals surface area contributed by atoms with Crippen LogP contribution in [0.4, 0.5) is 0 Å². The van der Waals surface area contributed by atoms with Crippen molar-refractivity contribution in [2.45, 2.75) is 19.8 Å². The first-order valence-corrected chi connectivity index (χ1v) is 10.6. The number of aryl methyl sites for hydroxylation is 3. The van der Waals surface area contributed by atoms with Gasteiger partial charge in [0, 0.05) is 28.3 Å². The molecule has 0 unspecified atom stereocenters. The van der Waals surface area contributed by atoms with Gasteiger partial charge in [-0.05, 0) is 37.1 Å². The van der Waals surface area contributed by atoms with Gasteiger partial charge < -0.3 is 13.3 Å². The Kier molecular flexibility index (Phi) is 4.39. The lowest BCUT2D eigenvalue weighted by atomic mass is 10.1. The minimum absolute atomic E-state index is 0.425. The van der Waals surface area contributed by atoms with Gasteiger partial charge >= 0.3 is 0 Å². The van der Waals surface area contributed by atoms with Crippen LogP contribution in [0.5, 0.6) is 0 Å². The molecule has 5 nitrogen and oxygen atoms in total. The summed E-state index contributed by atoms with van der Waals surface area (Å²) in [6.07, 6.45) is 1.47. The van der Waals surface area contributed by atoms with Crippen molar-refractivity contribution >= 4 is 21.9 Å². The Balaban J connectivity index is 1.17. The molecule has 3 heterocycles. The fourth-order valence-electron chi connectivity index (χ4n) is 4.04. The van der Waals surface area contributed by atoms with Gasteiger partial charge in [-0.1, -0.05) is 60.7 Å². The van der Waals surface area contributed by atoms with Crippen LogP contribution >= 0.6 is 0 Å². The van der Waals surface area contributed by atoms with Gasteiger partial charge in [0.1, 0.15) is 16.9 Å². The maximum Gasteiger partial charge on any atom is 0.283 e. The van der Waals surface area contributed by atoms with E-state index in [0.29, 0.717) is 24.0 Å². The molecule has 6 rings (SSSR count). The monoisotopic (exact) mass is 420 g/mol. The van der Waals surface area contributed by atoms with Gasteiger partial charge in [0.25, 0.3) is 5.89 Å². The average molecular weight is 420 g/mol. The van der Waals surface area contributed by atoms with Crippen molar-refractivity contribution in [2.24, 2.45) is 0 Å². The van der Waals surface area contributed by atoms with E-state index in [1.165, 1.54) is 5.56 Å². The molecule has 156 valence electrons. The number of aromatic nitrogens is 2. The summed E-state index contributed by atoms with van der Waals surface area (Å²) in [5, 5.41) is 10.6. The molecular formula is C27H20N2O3. The summed E-state index contributed by atoms with van der Waals surface area (Å²) < 4.78 is 17.8. The molecular weight excluding hydrogens is 400 g/mol. The fraction of sp³-hybridized carbons (Fsp3) is 0.111. The molecule has 5 heteroatoms. The summed E-state index contributed by atoms with van der Waals surface area (Å²) in [6, 6.07) is 26.4. The molecule has 0 bridgehead atoms. The van der Waals surface area contributed by atoms with Crippen LogP contribution in [0.2, 0.25) is 0 Å². The standard InChI is InChI=1S/C27H20N2O3/c1-17-21-7-3-5-9-23(21)31-26(17)27-29-28-25(32-27)15-12-18-10-13-19(14-11-18)24-16-20-6-2-4-8-22(20)30-24/h2-11,13-14,16H,12,15H2,1H3. The van der Waals surface area contributed by atoms with E-state index in [0.717, 1.165) is 45.2 Å². The Morgan fingerprint density at radius 3 is 2.31 bits per heavy atom. The van der Waals surface area contributed by atoms with Crippen LogP contribution in [0.1, 0.15) is 17.0 Å². The second kappa shape index (κ2) is 7.54. The molecule has 0 radical (unpaired) electrons. The van der Waals surface area contributed by atoms with Gasteiger partial charge in [-0.3, -0.25) is 0 Å². The lowest BCUT2D eigenvalue weighted by Gasteiger charge is -2.01. The van der Waals surface area contributed by atoms with E-state index in [1.54, 1.807) is 0 Å². The van der Waals surface area contributed by atoms with Crippen LogP contribution < -0.4 is 0 Å². The van der Waals surface area contributed by atoms with Gasteiger partial charge in [-0.25, -0.2) is 0 Å². The average Bonchev–Trinajstić information content (AvgIpc) is 3.55. The highest BCUT2D eigenvalue weighted by Gasteiger charge is 2.18. The summed E-state index contributed by atoms with van der Waals surface area (Å²) in [7, 11) is 0. The molecule has 0 N–H and O–H groups in total. The summed E-state index contributed by atoms with van der Waals surface area (Å²) in [6.45, 7) is 2.01. The number of nitrogens with zero attached hydrogens (tertiary/aromatic N) is 2. The molecule has 3 aromatic heterocycles. The first-order chi connectivity index (χ1) is 15.7. The maximum absolute atomic E-state index is 5.96. The summed E-state index contributed by atoms with van der Waals surface area (Å²) in [5.74, 6) is 2.54. The number of benzene rings is 3. The number of para-hydroxylation sites is 2. The predicted molar refractivity (Wildman–Crippen MR) is 123 cm³/mol. The molecule has 0 aliphatic carbocycles. The number of fused-ring (bicyclic) bond motifs is 2. The second-order valence-electron chi connectivity index (χ2n) is 7.90. The Labute approximate surface area is 184 Å². The zero-order valence-electron chi connectivity index (χ0n) is 17.5. The van der Waals surface area contributed by atoms with Gasteiger partial charge in [-0.15, -0.1) is 10.2 Å². The highest BCUT2D eigenvalue weighted by Crippen LogP contribution is 2.32. The third-order valence-electron chi connectivity index (χ3n) is 5.80. The number of hydrogen-bond donors (Lipinski definition) is 0. The Morgan fingerprint density at radius 1 is 0.719 bits per heavy atom. The highest BCUT2D eigenvalue weighted by molar-refractivity contribution is 5.86. The van der Waals surface area contributed by atoms with Crippen LogP contribution in [-0.2, 0) is 12.8 Å². The lowest BCUT2D eigenvalue weighted by molar-refractivity contribution is 0.485. The molecule has 6 aromatic rings. The molecule has 0 saturated carbocycles. The van der Waals surface area contributed by atoms with E-state index in [4.69, 9.17) is 13.3 Å². The van der Waals surface area contributed by atoms with E-state index in [9.17, 15) is 0 Å². The molecule has 3 aromatic carbocycles. The third-order valence-corrected chi connectivity index (χ3v) is 5.80. The topological polar surface area (TPSA) is 65.2 Å². The Hall–Kier alpha value is -4.12. The van der Waals surface area contributed by atoms with Gasteiger partial charge in [0.05, 0.1) is 0 Å². The number of furan rings is 2. The first-order valence-electron chi connectivity index (χ1n) is 10.6. The Bertz CT molecular complexity index is 1500. The van der Waals surface area contributed by atoms with Crippen LogP contribution in [-0.4, -0.2) is 10.2 Å². The minimum atomic E-state index is 0.425. The van der Waals surface area contributed by atoms with E-state index < -0.39 is 0 Å². The second-order valence-corrected chi connectivity index (χ2v) is 7.90. The van der Waals surface area contributed by atoms with Crippen molar-refractivity contribution in [3.8, 4) is 23.0 Å². The largest absolute Gasteiger partial charge is 0.456 e. The molecule has 0 saturated heterocycles. The molecule has 0 aliphatic heterocycles. The lowest BCUT2D eigenvalue weighted by Crippen LogP contribution is -1.91. The molecule has 0 amide bonds. The van der Waals surface area contributed by atoms with Crippen LogP contribution in [0, 0.1) is 6.92 Å². The van der Waals surface area contributed by atoms with Crippen molar-refractivity contribution in [1.82, 2.24) is 10.2 Å². The van der Waals surface area contributed by atoms with E-state index in [2.05, 4.69) is 46.6 Å². The summed E-state index contributed by atoms with van der Waals surface area (Å²) in [5.41, 5.74) is 5.00. The third kappa shape index (κ3) is 3.28. The van der Waals surface area contributed by atoms with Crippen molar-refractivity contribution < 1.29 is 13.3 Å². The molecule has 0 spiro atoms. The zero-order chi connectivity index (χ0) is 21.5. The Morgan fingerprint density at radius 2 is 1.50 bits per heavy atom. The predicted octanol–water partition coefficient (Wildman–Crippen LogP) is 6.99. The normalized spacial score (nSPS) is 11.5. The number of hydrogen-bond acceptors (Lipinski definition) is 5. The van der Waals surface area contributed by atoms with Crippen molar-refractivity contribution in [3.63, 3.8) is 0 Å². The van der Waals surface area contributed by atoms with E-state index >= 15 is 0 Å². The van der Waals surface area contributed by atoms with Crippen molar-refractivity contribution in [2.75, 3.05) is 0 Å². The van der Waals surface area contributed by atoms with Crippen LogP contribution in [0.3, 0.4) is 0 Å². The maximum atomic E-state index is 5.96. The molecule has 0 fully saturated rings. The SMILES string of the molecule is Cc1c(-c2nnc(CCc3ccc(-c4cc5ccccc5o4)cc3)o2)oc2ccccc12. The quantitative estimate of drug-likeness (QED) is 0.301. The van der Waals surface area contributed by atoms with Crippen molar-refractivity contribution in [1.29, 1.82) is 0 Å². The molecule has 0 aliphatic rings. The summed E-state index contributed by atoms with van der Waals surface area (Å²) in [4.78, 5) is 0. The molecule has 32 heavy (non-hydrogen) atoms. The van der Waals surface area contributed by atoms with Gasteiger partial charge in [-0.2, -0.15) is 0 Å². The fourth-order valence-corrected chi connectivity index (χ4v) is 4.04. The van der Waals surface area contributed by atoms with Crippen LogP contribution in [0.25, 0.3) is 44.9 Å². The number of rotatable bonds is 5. The molecule has 0 atom stereocenters. The van der Waals surface area contributed by atoms with E-state index in [1.807, 2.05) is 49.4 Å². The smallest absolute Gasteiger partial charge is 0.283 e. The minimum Gasteiger partial charge on any atom is -0.456 e. The van der Waals surface area contributed by atoms with E-state index in [-0.39, 0.29) is 0 Å². The van der Waals surface area contributed by atoms with Crippen molar-refractivity contribution in [3.05, 3.63) is 95.9 Å². The zero-order valence-corrected chi connectivity index (χ0v) is 17.5.